The van der Waals surface area contributed by atoms with Crippen LogP contribution in [0, 0.1) is 11.8 Å². The Morgan fingerprint density at radius 1 is 1.29 bits per heavy atom. The number of aliphatic hydroxyl groups excluding tert-OH is 1. The third-order valence-corrected chi connectivity index (χ3v) is 3.38. The van der Waals surface area contributed by atoms with Crippen LogP contribution in [0.5, 0.6) is 0 Å². The van der Waals surface area contributed by atoms with Crippen molar-refractivity contribution in [3.63, 3.8) is 0 Å². The molecule has 0 saturated heterocycles. The predicted octanol–water partition coefficient (Wildman–Crippen LogP) is 3.35. The van der Waals surface area contributed by atoms with E-state index < -0.39 is 0 Å². The Balaban J connectivity index is 0. The van der Waals surface area contributed by atoms with Gasteiger partial charge in [-0.05, 0) is 38.0 Å². The van der Waals surface area contributed by atoms with E-state index in [9.17, 15) is 0 Å². The van der Waals surface area contributed by atoms with Gasteiger partial charge in [0.25, 0.3) is 0 Å². The molecule has 0 radical (unpaired) electrons. The fourth-order valence-electron chi connectivity index (χ4n) is 2.32. The zero-order valence-electron chi connectivity index (χ0n) is 14.6. The molecule has 0 aromatic heterocycles. The van der Waals surface area contributed by atoms with Crippen molar-refractivity contribution in [2.75, 3.05) is 33.3 Å². The maximum Gasteiger partial charge on any atom is 0.193 e. The Bertz CT molecular complexity index is 260. The van der Waals surface area contributed by atoms with Crippen LogP contribution in [0.15, 0.2) is 4.99 Å². The molecule has 0 bridgehead atoms. The highest BCUT2D eigenvalue weighted by molar-refractivity contribution is 14.0. The van der Waals surface area contributed by atoms with Gasteiger partial charge in [-0.15, -0.1) is 24.0 Å². The minimum atomic E-state index is 0. The Morgan fingerprint density at radius 3 is 2.43 bits per heavy atom. The number of halogens is 1. The van der Waals surface area contributed by atoms with Gasteiger partial charge in [0.1, 0.15) is 0 Å². The van der Waals surface area contributed by atoms with E-state index >= 15 is 0 Å². The first kappa shape index (κ1) is 23.2. The first-order chi connectivity index (χ1) is 9.54. The summed E-state index contributed by atoms with van der Waals surface area (Å²) < 4.78 is 0. The van der Waals surface area contributed by atoms with Gasteiger partial charge < -0.3 is 15.3 Å². The van der Waals surface area contributed by atoms with Gasteiger partial charge >= 0.3 is 0 Å². The van der Waals surface area contributed by atoms with Crippen molar-refractivity contribution >= 4 is 29.9 Å². The van der Waals surface area contributed by atoms with E-state index in [1.54, 1.807) is 0 Å². The van der Waals surface area contributed by atoms with E-state index in [0.717, 1.165) is 38.4 Å². The molecule has 0 rings (SSSR count). The second-order valence-electron chi connectivity index (χ2n) is 5.98. The second-order valence-corrected chi connectivity index (χ2v) is 5.98. The van der Waals surface area contributed by atoms with E-state index in [4.69, 9.17) is 10.1 Å². The van der Waals surface area contributed by atoms with Crippen molar-refractivity contribution in [1.29, 1.82) is 0 Å². The number of nitrogens with one attached hydrogen (secondary N) is 1. The van der Waals surface area contributed by atoms with Crippen molar-refractivity contribution in [2.45, 2.75) is 53.4 Å². The SMILES string of the molecule is CCCCN(C)C(=NCC(CCO)CC(C)C)NCC.I. The van der Waals surface area contributed by atoms with E-state index in [2.05, 4.69) is 45.0 Å². The minimum absolute atomic E-state index is 0. The number of rotatable bonds is 10. The molecular weight excluding hydrogens is 377 g/mol. The average Bonchev–Trinajstić information content (AvgIpc) is 2.40. The van der Waals surface area contributed by atoms with Crippen molar-refractivity contribution in [3.05, 3.63) is 0 Å². The van der Waals surface area contributed by atoms with Gasteiger partial charge in [0.15, 0.2) is 5.96 Å². The summed E-state index contributed by atoms with van der Waals surface area (Å²) >= 11 is 0. The number of nitrogens with zero attached hydrogens (tertiary/aromatic N) is 2. The molecule has 0 amide bonds. The highest BCUT2D eigenvalue weighted by atomic mass is 127. The number of hydrogen-bond acceptors (Lipinski definition) is 2. The van der Waals surface area contributed by atoms with Crippen LogP contribution in [0.3, 0.4) is 0 Å². The normalized spacial score (nSPS) is 13.0. The van der Waals surface area contributed by atoms with Gasteiger partial charge in [0, 0.05) is 33.3 Å². The Morgan fingerprint density at radius 2 is 1.95 bits per heavy atom. The lowest BCUT2D eigenvalue weighted by atomic mass is 9.94. The van der Waals surface area contributed by atoms with E-state index in [0.29, 0.717) is 11.8 Å². The maximum atomic E-state index is 9.17. The molecule has 1 atom stereocenters. The summed E-state index contributed by atoms with van der Waals surface area (Å²) in [5, 5.41) is 12.5. The van der Waals surface area contributed by atoms with Crippen LogP contribution in [0.2, 0.25) is 0 Å². The number of unbranched alkanes of at least 4 members (excludes halogenated alkanes) is 1. The third kappa shape index (κ3) is 12.2. The molecule has 2 N–H and O–H groups in total. The lowest BCUT2D eigenvalue weighted by Gasteiger charge is -2.23. The zero-order chi connectivity index (χ0) is 15.4. The molecule has 0 fully saturated rings. The number of aliphatic hydroxyl groups is 1. The summed E-state index contributed by atoms with van der Waals surface area (Å²) in [5.41, 5.74) is 0. The lowest BCUT2D eigenvalue weighted by Crippen LogP contribution is -2.39. The van der Waals surface area contributed by atoms with Crippen LogP contribution in [-0.2, 0) is 0 Å². The standard InChI is InChI=1S/C16H35N3O.HI/c1-6-8-10-19(5)16(17-7-2)18-13-15(9-11-20)12-14(3)4;/h14-15,20H,6-13H2,1-5H3,(H,17,18);1H. The molecule has 0 aliphatic heterocycles. The number of aliphatic imine (C=N–C) groups is 1. The molecule has 0 spiro atoms. The smallest absolute Gasteiger partial charge is 0.193 e. The molecule has 5 heteroatoms. The average molecular weight is 413 g/mol. The second kappa shape index (κ2) is 14.9. The molecule has 4 nitrogen and oxygen atoms in total. The van der Waals surface area contributed by atoms with E-state index in [1.807, 2.05) is 0 Å². The Labute approximate surface area is 148 Å². The molecule has 0 heterocycles. The molecule has 1 unspecified atom stereocenters. The van der Waals surface area contributed by atoms with Crippen molar-refractivity contribution < 1.29 is 5.11 Å². The molecule has 21 heavy (non-hydrogen) atoms. The molecular formula is C16H36IN3O. The van der Waals surface area contributed by atoms with Crippen LogP contribution >= 0.6 is 24.0 Å². The molecule has 0 aliphatic rings. The number of guanidine groups is 1. The summed E-state index contributed by atoms with van der Waals surface area (Å²) in [6, 6.07) is 0. The molecule has 0 aliphatic carbocycles. The zero-order valence-corrected chi connectivity index (χ0v) is 16.9. The van der Waals surface area contributed by atoms with Gasteiger partial charge in [0.2, 0.25) is 0 Å². The Hall–Kier alpha value is -0.0400. The fraction of sp³-hybridized carbons (Fsp3) is 0.938. The highest BCUT2D eigenvalue weighted by Gasteiger charge is 2.11. The summed E-state index contributed by atoms with van der Waals surface area (Å²) in [6.45, 7) is 11.8. The first-order valence-corrected chi connectivity index (χ1v) is 8.15. The lowest BCUT2D eigenvalue weighted by molar-refractivity contribution is 0.245. The summed E-state index contributed by atoms with van der Waals surface area (Å²) in [7, 11) is 2.10. The van der Waals surface area contributed by atoms with Crippen LogP contribution < -0.4 is 5.32 Å². The van der Waals surface area contributed by atoms with Gasteiger partial charge in [-0.2, -0.15) is 0 Å². The van der Waals surface area contributed by atoms with Gasteiger partial charge in [-0.3, -0.25) is 4.99 Å². The molecule has 128 valence electrons. The first-order valence-electron chi connectivity index (χ1n) is 8.15. The predicted molar refractivity (Wildman–Crippen MR) is 104 cm³/mol. The topological polar surface area (TPSA) is 47.9 Å². The highest BCUT2D eigenvalue weighted by Crippen LogP contribution is 2.15. The minimum Gasteiger partial charge on any atom is -0.396 e. The number of hydrogen-bond donors (Lipinski definition) is 2. The van der Waals surface area contributed by atoms with Crippen LogP contribution in [0.1, 0.15) is 53.4 Å². The largest absolute Gasteiger partial charge is 0.396 e. The van der Waals surface area contributed by atoms with Crippen LogP contribution in [-0.4, -0.2) is 49.3 Å². The van der Waals surface area contributed by atoms with Crippen molar-refractivity contribution in [1.82, 2.24) is 10.2 Å². The Kier molecular flexibility index (Phi) is 16.5. The van der Waals surface area contributed by atoms with Gasteiger partial charge in [-0.25, -0.2) is 0 Å². The van der Waals surface area contributed by atoms with Crippen LogP contribution in [0.25, 0.3) is 0 Å². The quantitative estimate of drug-likeness (QED) is 0.328. The molecule has 0 aromatic rings. The van der Waals surface area contributed by atoms with Crippen LogP contribution in [0.4, 0.5) is 0 Å². The summed E-state index contributed by atoms with van der Waals surface area (Å²) in [5.74, 6) is 2.13. The summed E-state index contributed by atoms with van der Waals surface area (Å²) in [4.78, 5) is 6.97. The van der Waals surface area contributed by atoms with E-state index in [-0.39, 0.29) is 30.6 Å². The van der Waals surface area contributed by atoms with E-state index in [1.165, 1.54) is 12.8 Å². The summed E-state index contributed by atoms with van der Waals surface area (Å²) in [6.07, 6.45) is 4.36. The third-order valence-electron chi connectivity index (χ3n) is 3.38. The maximum absolute atomic E-state index is 9.17. The van der Waals surface area contributed by atoms with Crippen molar-refractivity contribution in [3.8, 4) is 0 Å². The molecule has 0 saturated carbocycles. The van der Waals surface area contributed by atoms with Gasteiger partial charge in [-0.1, -0.05) is 27.2 Å². The van der Waals surface area contributed by atoms with Gasteiger partial charge in [0.05, 0.1) is 0 Å². The fourth-order valence-corrected chi connectivity index (χ4v) is 2.32. The van der Waals surface area contributed by atoms with Crippen molar-refractivity contribution in [2.24, 2.45) is 16.8 Å². The monoisotopic (exact) mass is 413 g/mol. The molecule has 0 aromatic carbocycles.